The van der Waals surface area contributed by atoms with Crippen molar-refractivity contribution >= 4 is 12.0 Å². The third-order valence-electron chi connectivity index (χ3n) is 1.79. The molecule has 1 unspecified atom stereocenters. The summed E-state index contributed by atoms with van der Waals surface area (Å²) < 4.78 is 4.67. The Kier molecular flexibility index (Phi) is 5.81. The standard InChI is InChI=1S/C10H20N2O4/c1-10(2,3)6-12-9(15)11-5-7(16-4)8(13)14/h7H,5-6H2,1-4H3,(H,13,14)(H2,11,12,15). The molecule has 0 spiro atoms. The number of amides is 2. The number of carbonyl (C=O) groups is 2. The van der Waals surface area contributed by atoms with Crippen LogP contribution in [0.1, 0.15) is 20.8 Å². The van der Waals surface area contributed by atoms with Crippen LogP contribution in [0.4, 0.5) is 4.79 Å². The highest BCUT2D eigenvalue weighted by Gasteiger charge is 2.17. The molecule has 3 N–H and O–H groups in total. The van der Waals surface area contributed by atoms with Crippen molar-refractivity contribution < 1.29 is 19.4 Å². The van der Waals surface area contributed by atoms with E-state index in [0.29, 0.717) is 6.54 Å². The van der Waals surface area contributed by atoms with Crippen LogP contribution in [-0.2, 0) is 9.53 Å². The fourth-order valence-electron chi connectivity index (χ4n) is 0.865. The Morgan fingerprint density at radius 3 is 2.25 bits per heavy atom. The molecule has 1 atom stereocenters. The monoisotopic (exact) mass is 232 g/mol. The maximum Gasteiger partial charge on any atom is 0.334 e. The molecule has 0 rings (SSSR count). The van der Waals surface area contributed by atoms with Crippen molar-refractivity contribution in [1.82, 2.24) is 10.6 Å². The Morgan fingerprint density at radius 2 is 1.88 bits per heavy atom. The third-order valence-corrected chi connectivity index (χ3v) is 1.79. The van der Waals surface area contributed by atoms with E-state index in [1.165, 1.54) is 7.11 Å². The van der Waals surface area contributed by atoms with Gasteiger partial charge >= 0.3 is 12.0 Å². The van der Waals surface area contributed by atoms with Gasteiger partial charge in [-0.15, -0.1) is 0 Å². The number of methoxy groups -OCH3 is 1. The molecule has 0 aromatic rings. The minimum Gasteiger partial charge on any atom is -0.479 e. The SMILES string of the molecule is COC(CNC(=O)NCC(C)(C)C)C(=O)O. The first-order chi connectivity index (χ1) is 7.26. The summed E-state index contributed by atoms with van der Waals surface area (Å²) in [6, 6.07) is -0.391. The molecule has 0 saturated carbocycles. The van der Waals surface area contributed by atoms with Gasteiger partial charge in [-0.1, -0.05) is 20.8 Å². The summed E-state index contributed by atoms with van der Waals surface area (Å²) in [5.74, 6) is -1.10. The summed E-state index contributed by atoms with van der Waals surface area (Å²) in [5, 5.41) is 13.7. The van der Waals surface area contributed by atoms with Crippen molar-refractivity contribution in [2.45, 2.75) is 26.9 Å². The van der Waals surface area contributed by atoms with E-state index in [-0.39, 0.29) is 12.0 Å². The van der Waals surface area contributed by atoms with E-state index in [0.717, 1.165) is 0 Å². The Morgan fingerprint density at radius 1 is 1.31 bits per heavy atom. The zero-order chi connectivity index (χ0) is 12.8. The first kappa shape index (κ1) is 14.7. The zero-order valence-electron chi connectivity index (χ0n) is 10.2. The van der Waals surface area contributed by atoms with E-state index in [9.17, 15) is 9.59 Å². The predicted octanol–water partition coefficient (Wildman–Crippen LogP) is 0.431. The maximum atomic E-state index is 11.3. The Hall–Kier alpha value is -1.30. The molecule has 0 aliphatic carbocycles. The van der Waals surface area contributed by atoms with Gasteiger partial charge in [0.2, 0.25) is 0 Å². The predicted molar refractivity (Wildman–Crippen MR) is 59.3 cm³/mol. The summed E-state index contributed by atoms with van der Waals surface area (Å²) in [6.45, 7) is 6.43. The molecule has 0 aromatic carbocycles. The molecule has 94 valence electrons. The summed E-state index contributed by atoms with van der Waals surface area (Å²) in [4.78, 5) is 21.8. The number of rotatable bonds is 5. The van der Waals surface area contributed by atoms with Crippen LogP contribution in [0.5, 0.6) is 0 Å². The van der Waals surface area contributed by atoms with Gasteiger partial charge in [-0.3, -0.25) is 0 Å². The van der Waals surface area contributed by atoms with Crippen LogP contribution in [0.2, 0.25) is 0 Å². The van der Waals surface area contributed by atoms with Gasteiger partial charge in [0.05, 0.1) is 6.54 Å². The highest BCUT2D eigenvalue weighted by molar-refractivity contribution is 5.76. The molecular formula is C10H20N2O4. The van der Waals surface area contributed by atoms with Crippen molar-refractivity contribution in [2.75, 3.05) is 20.2 Å². The van der Waals surface area contributed by atoms with Gasteiger partial charge in [0.25, 0.3) is 0 Å². The summed E-state index contributed by atoms with van der Waals surface area (Å²) >= 11 is 0. The van der Waals surface area contributed by atoms with Crippen LogP contribution in [0.25, 0.3) is 0 Å². The van der Waals surface area contributed by atoms with Gasteiger partial charge in [0, 0.05) is 13.7 Å². The number of hydrogen-bond donors (Lipinski definition) is 3. The van der Waals surface area contributed by atoms with Gasteiger partial charge in [0.1, 0.15) is 0 Å². The van der Waals surface area contributed by atoms with Gasteiger partial charge in [-0.25, -0.2) is 9.59 Å². The topological polar surface area (TPSA) is 87.7 Å². The lowest BCUT2D eigenvalue weighted by Gasteiger charge is -2.19. The number of nitrogens with one attached hydrogen (secondary N) is 2. The highest BCUT2D eigenvalue weighted by Crippen LogP contribution is 2.09. The molecule has 0 bridgehead atoms. The van der Waals surface area contributed by atoms with Gasteiger partial charge in [-0.05, 0) is 5.41 Å². The second kappa shape index (κ2) is 6.32. The average molecular weight is 232 g/mol. The molecule has 16 heavy (non-hydrogen) atoms. The first-order valence-electron chi connectivity index (χ1n) is 5.03. The highest BCUT2D eigenvalue weighted by atomic mass is 16.5. The molecular weight excluding hydrogens is 212 g/mol. The van der Waals surface area contributed by atoms with Crippen molar-refractivity contribution in [3.8, 4) is 0 Å². The van der Waals surface area contributed by atoms with Gasteiger partial charge < -0.3 is 20.5 Å². The minimum absolute atomic E-state index is 0.00913. The quantitative estimate of drug-likeness (QED) is 0.641. The minimum atomic E-state index is -1.10. The molecule has 6 nitrogen and oxygen atoms in total. The molecule has 0 heterocycles. The van der Waals surface area contributed by atoms with E-state index < -0.39 is 18.1 Å². The fraction of sp³-hybridized carbons (Fsp3) is 0.800. The largest absolute Gasteiger partial charge is 0.479 e. The maximum absolute atomic E-state index is 11.3. The molecule has 2 amide bonds. The molecule has 0 saturated heterocycles. The fourth-order valence-corrected chi connectivity index (χ4v) is 0.865. The molecule has 0 aromatic heterocycles. The molecule has 6 heteroatoms. The van der Waals surface area contributed by atoms with E-state index in [1.54, 1.807) is 0 Å². The van der Waals surface area contributed by atoms with Crippen molar-refractivity contribution in [3.63, 3.8) is 0 Å². The zero-order valence-corrected chi connectivity index (χ0v) is 10.2. The Balaban J connectivity index is 3.85. The lowest BCUT2D eigenvalue weighted by atomic mass is 9.97. The van der Waals surface area contributed by atoms with Crippen LogP contribution < -0.4 is 10.6 Å². The summed E-state index contributed by atoms with van der Waals surface area (Å²) in [6.07, 6.45) is -1.01. The second-order valence-corrected chi connectivity index (χ2v) is 4.69. The van der Waals surface area contributed by atoms with E-state index >= 15 is 0 Å². The molecule has 0 radical (unpaired) electrons. The first-order valence-corrected chi connectivity index (χ1v) is 5.03. The normalized spacial score (nSPS) is 13.0. The Bertz CT molecular complexity index is 248. The number of carboxylic acids is 1. The summed E-state index contributed by atoms with van der Waals surface area (Å²) in [7, 11) is 1.29. The molecule has 0 aliphatic rings. The van der Waals surface area contributed by atoms with Gasteiger partial charge in [-0.2, -0.15) is 0 Å². The van der Waals surface area contributed by atoms with Gasteiger partial charge in [0.15, 0.2) is 6.10 Å². The number of aliphatic carboxylic acids is 1. The van der Waals surface area contributed by atoms with Crippen LogP contribution >= 0.6 is 0 Å². The molecule has 0 aliphatic heterocycles. The smallest absolute Gasteiger partial charge is 0.334 e. The lowest BCUT2D eigenvalue weighted by molar-refractivity contribution is -0.147. The lowest BCUT2D eigenvalue weighted by Crippen LogP contribution is -2.44. The number of urea groups is 1. The van der Waals surface area contributed by atoms with E-state index in [2.05, 4.69) is 15.4 Å². The van der Waals surface area contributed by atoms with Crippen LogP contribution in [-0.4, -0.2) is 43.4 Å². The number of ether oxygens (including phenoxy) is 1. The van der Waals surface area contributed by atoms with Crippen molar-refractivity contribution in [2.24, 2.45) is 5.41 Å². The van der Waals surface area contributed by atoms with Crippen molar-refractivity contribution in [1.29, 1.82) is 0 Å². The summed E-state index contributed by atoms with van der Waals surface area (Å²) in [5.41, 5.74) is -0.00913. The third kappa shape index (κ3) is 7.05. The van der Waals surface area contributed by atoms with Crippen molar-refractivity contribution in [3.05, 3.63) is 0 Å². The second-order valence-electron chi connectivity index (χ2n) is 4.69. The number of carbonyl (C=O) groups excluding carboxylic acids is 1. The van der Waals surface area contributed by atoms with E-state index in [1.807, 2.05) is 20.8 Å². The van der Waals surface area contributed by atoms with Crippen LogP contribution in [0, 0.1) is 5.41 Å². The van der Waals surface area contributed by atoms with E-state index in [4.69, 9.17) is 5.11 Å². The Labute approximate surface area is 95.4 Å². The van der Waals surface area contributed by atoms with Crippen LogP contribution in [0.15, 0.2) is 0 Å². The average Bonchev–Trinajstić information content (AvgIpc) is 2.14. The van der Waals surface area contributed by atoms with Crippen LogP contribution in [0.3, 0.4) is 0 Å². The number of carboxylic acid groups (broad SMARTS) is 1. The molecule has 0 fully saturated rings. The number of hydrogen-bond acceptors (Lipinski definition) is 3.